The second-order valence-corrected chi connectivity index (χ2v) is 5.10. The molecule has 6 heteroatoms. The van der Waals surface area contributed by atoms with Gasteiger partial charge in [-0.25, -0.2) is 4.68 Å². The number of hydrogen-bond acceptors (Lipinski definition) is 4. The highest BCUT2D eigenvalue weighted by molar-refractivity contribution is 6.30. The van der Waals surface area contributed by atoms with E-state index >= 15 is 0 Å². The Labute approximate surface area is 132 Å². The SMILES string of the molecule is COc1ccc(-c2c(CO)nnn2-c2ccc(Cl)cc2)cc1. The standard InChI is InChI=1S/C16H14ClN3O2/c1-22-14-8-2-11(3-9-14)16-15(10-21)18-19-20(16)13-6-4-12(17)5-7-13/h2-9,21H,10H2,1H3. The summed E-state index contributed by atoms with van der Waals surface area (Å²) >= 11 is 5.92. The van der Waals surface area contributed by atoms with E-state index in [1.54, 1.807) is 23.9 Å². The van der Waals surface area contributed by atoms with Gasteiger partial charge in [0, 0.05) is 10.6 Å². The van der Waals surface area contributed by atoms with Gasteiger partial charge in [0.2, 0.25) is 0 Å². The molecule has 2 aromatic carbocycles. The highest BCUT2D eigenvalue weighted by Gasteiger charge is 2.15. The summed E-state index contributed by atoms with van der Waals surface area (Å²) in [5, 5.41) is 18.4. The number of aliphatic hydroxyl groups is 1. The highest BCUT2D eigenvalue weighted by atomic mass is 35.5. The number of ether oxygens (including phenoxy) is 1. The third-order valence-electron chi connectivity index (χ3n) is 3.32. The van der Waals surface area contributed by atoms with Gasteiger partial charge in [-0.3, -0.25) is 0 Å². The van der Waals surface area contributed by atoms with Gasteiger partial charge in [0.05, 0.1) is 19.4 Å². The summed E-state index contributed by atoms with van der Waals surface area (Å²) < 4.78 is 6.85. The molecule has 1 aromatic heterocycles. The summed E-state index contributed by atoms with van der Waals surface area (Å²) in [5.41, 5.74) is 2.97. The van der Waals surface area contributed by atoms with Gasteiger partial charge in [-0.15, -0.1) is 5.10 Å². The lowest BCUT2D eigenvalue weighted by molar-refractivity contribution is 0.277. The Kier molecular flexibility index (Phi) is 4.09. The minimum Gasteiger partial charge on any atom is -0.497 e. The van der Waals surface area contributed by atoms with Crippen molar-refractivity contribution in [2.75, 3.05) is 7.11 Å². The normalized spacial score (nSPS) is 10.7. The van der Waals surface area contributed by atoms with Crippen molar-refractivity contribution in [2.24, 2.45) is 0 Å². The van der Waals surface area contributed by atoms with Crippen LogP contribution in [0.15, 0.2) is 48.5 Å². The van der Waals surface area contributed by atoms with Crippen molar-refractivity contribution >= 4 is 11.6 Å². The molecule has 0 aliphatic rings. The van der Waals surface area contributed by atoms with Crippen LogP contribution in [0.3, 0.4) is 0 Å². The number of methoxy groups -OCH3 is 1. The van der Waals surface area contributed by atoms with Crippen LogP contribution in [0.4, 0.5) is 0 Å². The first-order valence-electron chi connectivity index (χ1n) is 6.68. The zero-order chi connectivity index (χ0) is 15.5. The summed E-state index contributed by atoms with van der Waals surface area (Å²) in [6.07, 6.45) is 0. The van der Waals surface area contributed by atoms with Gasteiger partial charge >= 0.3 is 0 Å². The van der Waals surface area contributed by atoms with Crippen molar-refractivity contribution in [3.05, 3.63) is 59.2 Å². The smallest absolute Gasteiger partial charge is 0.118 e. The molecule has 0 spiro atoms. The largest absolute Gasteiger partial charge is 0.497 e. The van der Waals surface area contributed by atoms with Gasteiger partial charge in [0.25, 0.3) is 0 Å². The van der Waals surface area contributed by atoms with E-state index in [9.17, 15) is 5.11 Å². The number of nitrogens with zero attached hydrogens (tertiary/aromatic N) is 3. The van der Waals surface area contributed by atoms with Crippen LogP contribution < -0.4 is 4.74 Å². The third-order valence-corrected chi connectivity index (χ3v) is 3.58. The molecule has 0 saturated carbocycles. The van der Waals surface area contributed by atoms with Crippen LogP contribution in [0.5, 0.6) is 5.75 Å². The molecule has 0 atom stereocenters. The summed E-state index contributed by atoms with van der Waals surface area (Å²) in [7, 11) is 1.62. The van der Waals surface area contributed by atoms with E-state index in [4.69, 9.17) is 16.3 Å². The minimum atomic E-state index is -0.186. The van der Waals surface area contributed by atoms with Crippen molar-refractivity contribution in [3.8, 4) is 22.7 Å². The lowest BCUT2D eigenvalue weighted by atomic mass is 10.1. The fourth-order valence-corrected chi connectivity index (χ4v) is 2.35. The van der Waals surface area contributed by atoms with Crippen LogP contribution >= 0.6 is 11.6 Å². The summed E-state index contributed by atoms with van der Waals surface area (Å²) in [6.45, 7) is -0.186. The zero-order valence-corrected chi connectivity index (χ0v) is 12.7. The molecule has 3 rings (SSSR count). The van der Waals surface area contributed by atoms with E-state index in [-0.39, 0.29) is 6.61 Å². The second kappa shape index (κ2) is 6.17. The molecule has 0 saturated heterocycles. The number of halogens is 1. The molecule has 5 nitrogen and oxygen atoms in total. The van der Waals surface area contributed by atoms with Crippen molar-refractivity contribution in [3.63, 3.8) is 0 Å². The van der Waals surface area contributed by atoms with Crippen LogP contribution in [0.2, 0.25) is 5.02 Å². The molecule has 0 aliphatic carbocycles. The van der Waals surface area contributed by atoms with Gasteiger partial charge < -0.3 is 9.84 Å². The maximum Gasteiger partial charge on any atom is 0.118 e. The fourth-order valence-electron chi connectivity index (χ4n) is 2.22. The molecule has 0 aliphatic heterocycles. The second-order valence-electron chi connectivity index (χ2n) is 4.66. The molecule has 1 heterocycles. The predicted molar refractivity (Wildman–Crippen MR) is 84.3 cm³/mol. The number of hydrogen-bond donors (Lipinski definition) is 1. The monoisotopic (exact) mass is 315 g/mol. The van der Waals surface area contributed by atoms with Gasteiger partial charge in [-0.2, -0.15) is 0 Å². The minimum absolute atomic E-state index is 0.186. The van der Waals surface area contributed by atoms with Crippen molar-refractivity contribution in [1.82, 2.24) is 15.0 Å². The summed E-state index contributed by atoms with van der Waals surface area (Å²) in [5.74, 6) is 0.764. The van der Waals surface area contributed by atoms with Crippen LogP contribution in [-0.2, 0) is 6.61 Å². The van der Waals surface area contributed by atoms with E-state index in [1.165, 1.54) is 0 Å². The van der Waals surface area contributed by atoms with E-state index in [2.05, 4.69) is 10.3 Å². The molecule has 3 aromatic rings. The maximum atomic E-state index is 9.52. The molecular formula is C16H14ClN3O2. The Morgan fingerprint density at radius 2 is 1.77 bits per heavy atom. The molecule has 112 valence electrons. The topological polar surface area (TPSA) is 60.2 Å². The Bertz CT molecular complexity index is 767. The molecule has 0 unspecified atom stereocenters. The number of aromatic nitrogens is 3. The third kappa shape index (κ3) is 2.68. The first kappa shape index (κ1) is 14.6. The maximum absolute atomic E-state index is 9.52. The van der Waals surface area contributed by atoms with Crippen LogP contribution in [0.1, 0.15) is 5.69 Å². The van der Waals surface area contributed by atoms with Gasteiger partial charge in [0.1, 0.15) is 17.1 Å². The Hall–Kier alpha value is -2.37. The Balaban J connectivity index is 2.12. The van der Waals surface area contributed by atoms with Gasteiger partial charge in [-0.1, -0.05) is 16.8 Å². The van der Waals surface area contributed by atoms with Crippen LogP contribution in [-0.4, -0.2) is 27.2 Å². The van der Waals surface area contributed by atoms with E-state index in [1.807, 2.05) is 36.4 Å². The van der Waals surface area contributed by atoms with E-state index < -0.39 is 0 Å². The number of benzene rings is 2. The van der Waals surface area contributed by atoms with Gasteiger partial charge in [0.15, 0.2) is 0 Å². The Morgan fingerprint density at radius 1 is 1.09 bits per heavy atom. The predicted octanol–water partition coefficient (Wildman–Crippen LogP) is 3.09. The van der Waals surface area contributed by atoms with E-state index in [0.29, 0.717) is 10.7 Å². The average molecular weight is 316 g/mol. The molecule has 1 N–H and O–H groups in total. The molecule has 0 amide bonds. The quantitative estimate of drug-likeness (QED) is 0.803. The molecule has 0 radical (unpaired) electrons. The molecule has 0 fully saturated rings. The van der Waals surface area contributed by atoms with Gasteiger partial charge in [-0.05, 0) is 48.5 Å². The van der Waals surface area contributed by atoms with Crippen LogP contribution in [0.25, 0.3) is 16.9 Å². The first-order valence-corrected chi connectivity index (χ1v) is 7.06. The molecule has 0 bridgehead atoms. The van der Waals surface area contributed by atoms with Crippen LogP contribution in [0, 0.1) is 0 Å². The zero-order valence-electron chi connectivity index (χ0n) is 11.9. The first-order chi connectivity index (χ1) is 10.7. The van der Waals surface area contributed by atoms with Crippen molar-refractivity contribution in [2.45, 2.75) is 6.61 Å². The summed E-state index contributed by atoms with van der Waals surface area (Å²) in [6, 6.07) is 14.8. The fraction of sp³-hybridized carbons (Fsp3) is 0.125. The van der Waals surface area contributed by atoms with Crippen molar-refractivity contribution < 1.29 is 9.84 Å². The van der Waals surface area contributed by atoms with E-state index in [0.717, 1.165) is 22.7 Å². The average Bonchev–Trinajstić information content (AvgIpc) is 2.99. The number of aliphatic hydroxyl groups excluding tert-OH is 1. The number of rotatable bonds is 4. The Morgan fingerprint density at radius 3 is 2.36 bits per heavy atom. The lowest BCUT2D eigenvalue weighted by Crippen LogP contribution is -2.00. The molecular weight excluding hydrogens is 302 g/mol. The summed E-state index contributed by atoms with van der Waals surface area (Å²) in [4.78, 5) is 0. The molecule has 22 heavy (non-hydrogen) atoms. The lowest BCUT2D eigenvalue weighted by Gasteiger charge is -2.09. The van der Waals surface area contributed by atoms with Crippen molar-refractivity contribution in [1.29, 1.82) is 0 Å². The highest BCUT2D eigenvalue weighted by Crippen LogP contribution is 2.27.